The number of hydrogen-bond acceptors (Lipinski definition) is 16. The summed E-state index contributed by atoms with van der Waals surface area (Å²) >= 11 is 0. The highest BCUT2D eigenvalue weighted by atomic mass is 32.2. The molecular formula is C104H144N8O16S4. The van der Waals surface area contributed by atoms with Gasteiger partial charge in [0.05, 0.1) is 45.8 Å². The van der Waals surface area contributed by atoms with E-state index in [0.29, 0.717) is 48.7 Å². The Balaban J connectivity index is 1.26. The minimum Gasteiger partial charge on any atom is -0.491 e. The fourth-order valence-electron chi connectivity index (χ4n) is 15.6. The molecule has 8 N–H and O–H groups in total. The molecule has 0 radical (unpaired) electrons. The zero-order valence-corrected chi connectivity index (χ0v) is 85.2. The molecule has 0 saturated heterocycles. The Labute approximate surface area is 787 Å². The van der Waals surface area contributed by atoms with E-state index in [1.807, 2.05) is 83.1 Å². The highest BCUT2D eigenvalue weighted by Gasteiger charge is 2.37. The SMILES string of the molecule is CCC(C)C(NS(=O)(=O)c1ccc(C)cc1)C(=O)NCCOc1c2cc(C(C)(C)C)cc1Cc1cc(C(C)(C)C)cc(c1OCCNC(=O)C(NS(=O)(=O)c1ccc(C)cc1)C(C)CC)Cc1cc(C(C)(C)C)cc(c1OCCNC(=O)C(NS(=O)(=O)c1ccc(C)cc1)C(C)CC)Cc1cc(C(C)(C)C)cc(c1OCCNC(=O)C(NS(=O)(=O)c1ccc(C)cc1)C(C)CC)C2. The van der Waals surface area contributed by atoms with Crippen LogP contribution in [0.2, 0.25) is 0 Å². The zero-order chi connectivity index (χ0) is 97.6. The number of nitrogens with one attached hydrogen (secondary N) is 8. The average molecular weight is 1890 g/mol. The van der Waals surface area contributed by atoms with Crippen molar-refractivity contribution >= 4 is 63.7 Å². The first-order valence-corrected chi connectivity index (χ1v) is 52.2. The van der Waals surface area contributed by atoms with Crippen molar-refractivity contribution in [3.63, 3.8) is 0 Å². The lowest BCUT2D eigenvalue weighted by atomic mass is 9.79. The van der Waals surface area contributed by atoms with Gasteiger partial charge in [0, 0.05) is 25.7 Å². The number of hydrogen-bond donors (Lipinski definition) is 8. The van der Waals surface area contributed by atoms with Gasteiger partial charge in [-0.15, -0.1) is 0 Å². The second-order valence-electron chi connectivity index (χ2n) is 39.9. The van der Waals surface area contributed by atoms with Gasteiger partial charge in [0.2, 0.25) is 63.7 Å². The molecule has 4 amide bonds. The van der Waals surface area contributed by atoms with Gasteiger partial charge in [-0.3, -0.25) is 19.2 Å². The topological polar surface area (TPSA) is 338 Å². The monoisotopic (exact) mass is 1890 g/mol. The van der Waals surface area contributed by atoms with Crippen molar-refractivity contribution in [1.29, 1.82) is 0 Å². The first-order valence-electron chi connectivity index (χ1n) is 46.3. The standard InChI is InChI=1S/C104H144N8O16S4/c1-25-69(9)89(109-129(117,118)85-37-29-65(5)30-38-85)97(113)105-45-49-125-93-73-53-75-59-82(102(16,17)18)61-77(94(75)126-50-46-106-98(114)90(70(10)26-2)110-130(119,120)86-39-31-66(6)32-40-86)55-79-63-84(104(22,23)24)64-80(96(79)128-52-48-108-100(116)92(72(12)28-4)112-132(123,124)88-43-35-68(8)36-44-88)56-78-62-83(103(19,20)21)60-76(54-74(93)58-81(57-73)101(13,14)15)95(78)127-51-47-107-99(115)91(71(11)27-3)111-131(121,122)87-41-33-67(7)34-42-87/h29-44,57-64,69-72,89-92,109-112H,25-28,45-56H2,1-24H3,(H,105,113)(H,106,114)(H,107,115)(H,108,116). The van der Waals surface area contributed by atoms with E-state index < -0.39 is 133 Å². The van der Waals surface area contributed by atoms with Crippen molar-refractivity contribution in [1.82, 2.24) is 40.2 Å². The second kappa shape index (κ2) is 44.8. The number of benzene rings is 8. The van der Waals surface area contributed by atoms with E-state index in [-0.39, 0.29) is 97.9 Å². The number of rotatable bonds is 40. The first kappa shape index (κ1) is 106. The molecule has 8 unspecified atom stereocenters. The van der Waals surface area contributed by atoms with Gasteiger partial charge in [-0.25, -0.2) is 33.7 Å². The predicted octanol–water partition coefficient (Wildman–Crippen LogP) is 16.3. The number of sulfonamides is 4. The molecule has 0 spiro atoms. The van der Waals surface area contributed by atoms with Gasteiger partial charge in [-0.1, -0.05) is 283 Å². The molecule has 132 heavy (non-hydrogen) atoms. The van der Waals surface area contributed by atoms with E-state index in [9.17, 15) is 52.8 Å². The van der Waals surface area contributed by atoms with Gasteiger partial charge in [0.25, 0.3) is 0 Å². The van der Waals surface area contributed by atoms with Crippen LogP contribution in [0.1, 0.15) is 253 Å². The molecule has 28 heteroatoms. The number of ether oxygens (including phenoxy) is 4. The van der Waals surface area contributed by atoms with E-state index in [1.54, 1.807) is 48.5 Å². The minimum atomic E-state index is -4.18. The van der Waals surface area contributed by atoms with Crippen molar-refractivity contribution in [2.75, 3.05) is 52.6 Å². The summed E-state index contributed by atoms with van der Waals surface area (Å²) in [4.78, 5) is 59.0. The van der Waals surface area contributed by atoms with Gasteiger partial charge in [-0.05, 0) is 188 Å². The van der Waals surface area contributed by atoms with E-state index in [2.05, 4.69) is 172 Å². The lowest BCUT2D eigenvalue weighted by Crippen LogP contribution is -2.50. The fraction of sp³-hybridized carbons (Fsp3) is 0.500. The summed E-state index contributed by atoms with van der Waals surface area (Å²) in [5.41, 5.74) is 10.9. The van der Waals surface area contributed by atoms with Crippen LogP contribution in [0, 0.1) is 51.4 Å². The molecule has 0 saturated carbocycles. The van der Waals surface area contributed by atoms with Gasteiger partial charge in [-0.2, -0.15) is 18.9 Å². The van der Waals surface area contributed by atoms with E-state index in [4.69, 9.17) is 18.9 Å². The molecule has 0 aromatic heterocycles. The normalized spacial score (nSPS) is 14.8. The maximum absolute atomic E-state index is 14.7. The van der Waals surface area contributed by atoms with Gasteiger partial charge >= 0.3 is 0 Å². The Bertz CT molecular complexity index is 5030. The summed E-state index contributed by atoms with van der Waals surface area (Å²) in [7, 11) is -16.7. The Morgan fingerprint density at radius 1 is 0.280 bits per heavy atom. The lowest BCUT2D eigenvalue weighted by molar-refractivity contribution is -0.124. The average Bonchev–Trinajstić information content (AvgIpc) is 0.756. The Morgan fingerprint density at radius 2 is 0.432 bits per heavy atom. The Kier molecular flexibility index (Phi) is 36.0. The van der Waals surface area contributed by atoms with E-state index in [1.165, 1.54) is 48.5 Å². The summed E-state index contributed by atoms with van der Waals surface area (Å²) in [6.07, 6.45) is 2.46. The van der Waals surface area contributed by atoms with E-state index >= 15 is 0 Å². The van der Waals surface area contributed by atoms with E-state index in [0.717, 1.165) is 89.0 Å². The molecule has 8 aromatic carbocycles. The number of fused-ring (bicyclic) bond motifs is 8. The highest BCUT2D eigenvalue weighted by molar-refractivity contribution is 7.90. The van der Waals surface area contributed by atoms with Crippen LogP contribution in [0.15, 0.2) is 165 Å². The third kappa shape index (κ3) is 28.3. The minimum absolute atomic E-state index is 0.0183. The highest BCUT2D eigenvalue weighted by Crippen LogP contribution is 2.45. The van der Waals surface area contributed by atoms with Crippen LogP contribution in [-0.4, -0.2) is 134 Å². The zero-order valence-electron chi connectivity index (χ0n) is 82.0. The predicted molar refractivity (Wildman–Crippen MR) is 525 cm³/mol. The number of aryl methyl sites for hydroxylation is 4. The number of carbonyl (C=O) groups is 4. The second-order valence-corrected chi connectivity index (χ2v) is 46.8. The number of amides is 4. The maximum Gasteiger partial charge on any atom is 0.241 e. The van der Waals surface area contributed by atoms with Crippen molar-refractivity contribution in [2.45, 2.75) is 283 Å². The first-order chi connectivity index (χ1) is 61.7. The summed E-state index contributed by atoms with van der Waals surface area (Å²) in [5, 5.41) is 12.1. The summed E-state index contributed by atoms with van der Waals surface area (Å²) in [6, 6.07) is 38.1. The molecule has 720 valence electrons. The largest absolute Gasteiger partial charge is 0.491 e. The van der Waals surface area contributed by atoms with Crippen LogP contribution < -0.4 is 59.1 Å². The Hall–Kier alpha value is -9.52. The van der Waals surface area contributed by atoms with Crippen LogP contribution >= 0.6 is 0 Å². The van der Waals surface area contributed by atoms with Crippen molar-refractivity contribution < 1.29 is 71.8 Å². The molecule has 8 atom stereocenters. The van der Waals surface area contributed by atoms with Crippen molar-refractivity contribution in [3.8, 4) is 23.0 Å². The lowest BCUT2D eigenvalue weighted by Gasteiger charge is -2.29. The van der Waals surface area contributed by atoms with Gasteiger partial charge in [0.15, 0.2) is 0 Å². The summed E-state index contributed by atoms with van der Waals surface area (Å²) in [5.74, 6) is -2.04. The molecule has 0 aliphatic heterocycles. The molecule has 1 aliphatic carbocycles. The smallest absolute Gasteiger partial charge is 0.241 e. The molecule has 0 heterocycles. The third-order valence-corrected chi connectivity index (χ3v) is 30.8. The molecule has 1 aliphatic rings. The third-order valence-electron chi connectivity index (χ3n) is 25.0. The van der Waals surface area contributed by atoms with Crippen molar-refractivity contribution in [2.24, 2.45) is 23.7 Å². The van der Waals surface area contributed by atoms with Crippen LogP contribution in [0.4, 0.5) is 0 Å². The molecule has 8 aromatic rings. The number of carbonyl (C=O) groups excluding carboxylic acids is 4. The summed E-state index contributed by atoms with van der Waals surface area (Å²) < 4.78 is 153. The molecular weight excluding hydrogens is 1750 g/mol. The quantitative estimate of drug-likeness (QED) is 0.0165. The molecule has 24 nitrogen and oxygen atoms in total. The van der Waals surface area contributed by atoms with Crippen LogP contribution in [0.3, 0.4) is 0 Å². The Morgan fingerprint density at radius 3 is 0.568 bits per heavy atom. The van der Waals surface area contributed by atoms with Crippen molar-refractivity contribution in [3.05, 3.63) is 235 Å². The molecule has 0 fully saturated rings. The van der Waals surface area contributed by atoms with Gasteiger partial charge in [0.1, 0.15) is 73.6 Å². The summed E-state index contributed by atoms with van der Waals surface area (Å²) in [6.45, 7) is 47.2. The maximum atomic E-state index is 14.7. The molecule has 9 rings (SSSR count). The van der Waals surface area contributed by atoms with Crippen LogP contribution in [0.5, 0.6) is 23.0 Å². The van der Waals surface area contributed by atoms with Gasteiger partial charge < -0.3 is 40.2 Å². The van der Waals surface area contributed by atoms with Crippen LogP contribution in [0.25, 0.3) is 0 Å². The fourth-order valence-corrected chi connectivity index (χ4v) is 20.8. The van der Waals surface area contributed by atoms with Crippen LogP contribution in [-0.2, 0) is 107 Å². The molecule has 8 bridgehead atoms.